The van der Waals surface area contributed by atoms with Crippen LogP contribution in [0.2, 0.25) is 0 Å². The molecule has 1 N–H and O–H groups in total. The molecule has 0 spiro atoms. The lowest BCUT2D eigenvalue weighted by molar-refractivity contribution is -0.0188. The van der Waals surface area contributed by atoms with Gasteiger partial charge in [-0.3, -0.25) is 4.90 Å². The fourth-order valence-electron chi connectivity index (χ4n) is 2.04. The van der Waals surface area contributed by atoms with Crippen LogP contribution in [-0.2, 0) is 13.6 Å². The molecule has 1 aliphatic rings. The van der Waals surface area contributed by atoms with Gasteiger partial charge in [-0.15, -0.1) is 10.2 Å². The molecule has 1 atom stereocenters. The summed E-state index contributed by atoms with van der Waals surface area (Å²) in [5.74, 6) is 0.718. The highest BCUT2D eigenvalue weighted by atomic mass is 16.3. The van der Waals surface area contributed by atoms with Crippen molar-refractivity contribution >= 4 is 0 Å². The summed E-state index contributed by atoms with van der Waals surface area (Å²) in [7, 11) is 1.75. The topological polar surface area (TPSA) is 67.1 Å². The van der Waals surface area contributed by atoms with Crippen molar-refractivity contribution in [3.63, 3.8) is 0 Å². The number of piperidine rings is 1. The first-order chi connectivity index (χ1) is 7.05. The second-order valence-corrected chi connectivity index (χ2v) is 4.51. The summed E-state index contributed by atoms with van der Waals surface area (Å²) in [5.41, 5.74) is -0.569. The van der Waals surface area contributed by atoms with Gasteiger partial charge < -0.3 is 5.11 Å². The molecule has 15 heavy (non-hydrogen) atoms. The number of likely N-dealkylation sites (tertiary alicyclic amines) is 1. The second kappa shape index (κ2) is 3.86. The van der Waals surface area contributed by atoms with Crippen LogP contribution in [0.25, 0.3) is 0 Å². The molecular weight excluding hydrogens is 194 g/mol. The maximum Gasteiger partial charge on any atom is 0.188 e. The Kier molecular flexibility index (Phi) is 2.70. The van der Waals surface area contributed by atoms with Crippen molar-refractivity contribution in [1.82, 2.24) is 25.1 Å². The van der Waals surface area contributed by atoms with Gasteiger partial charge >= 0.3 is 0 Å². The molecule has 6 heteroatoms. The first-order valence-corrected chi connectivity index (χ1v) is 5.23. The molecule has 2 rings (SSSR count). The standard InChI is InChI=1S/C9H17N5O/c1-9(15)4-3-5-14(7-9)6-8-10-12-13(2)11-8/h15H,3-7H2,1-2H3. The summed E-state index contributed by atoms with van der Waals surface area (Å²) >= 11 is 0. The van der Waals surface area contributed by atoms with Crippen molar-refractivity contribution in [2.45, 2.75) is 31.9 Å². The first kappa shape index (κ1) is 10.5. The largest absolute Gasteiger partial charge is 0.389 e. The van der Waals surface area contributed by atoms with Gasteiger partial charge in [0.2, 0.25) is 0 Å². The average molecular weight is 211 g/mol. The molecule has 1 unspecified atom stereocenters. The lowest BCUT2D eigenvalue weighted by Gasteiger charge is -2.36. The van der Waals surface area contributed by atoms with Crippen molar-refractivity contribution in [3.05, 3.63) is 5.82 Å². The van der Waals surface area contributed by atoms with Crippen LogP contribution in [0.1, 0.15) is 25.6 Å². The summed E-state index contributed by atoms with van der Waals surface area (Å²) in [5, 5.41) is 21.8. The number of β-amino-alcohol motifs (C(OH)–C–C–N with tert-alkyl or cyclic N) is 1. The Balaban J connectivity index is 1.95. The van der Waals surface area contributed by atoms with Crippen LogP contribution < -0.4 is 0 Å². The number of hydrogen-bond donors (Lipinski definition) is 1. The minimum atomic E-state index is -0.569. The summed E-state index contributed by atoms with van der Waals surface area (Å²) in [4.78, 5) is 3.62. The second-order valence-electron chi connectivity index (χ2n) is 4.51. The molecule has 0 aromatic carbocycles. The molecule has 6 nitrogen and oxygen atoms in total. The van der Waals surface area contributed by atoms with Crippen LogP contribution in [0.15, 0.2) is 0 Å². The smallest absolute Gasteiger partial charge is 0.188 e. The van der Waals surface area contributed by atoms with Gasteiger partial charge in [-0.2, -0.15) is 4.80 Å². The summed E-state index contributed by atoms with van der Waals surface area (Å²) < 4.78 is 0. The van der Waals surface area contributed by atoms with E-state index in [1.165, 1.54) is 4.80 Å². The molecule has 0 saturated carbocycles. The summed E-state index contributed by atoms with van der Waals surface area (Å²) in [6, 6.07) is 0. The molecule has 0 amide bonds. The third kappa shape index (κ3) is 2.73. The summed E-state index contributed by atoms with van der Waals surface area (Å²) in [6.07, 6.45) is 1.89. The van der Waals surface area contributed by atoms with Gasteiger partial charge in [0.1, 0.15) is 0 Å². The fraction of sp³-hybridized carbons (Fsp3) is 0.889. The highest BCUT2D eigenvalue weighted by Gasteiger charge is 2.28. The van der Waals surface area contributed by atoms with E-state index in [9.17, 15) is 5.11 Å². The molecular formula is C9H17N5O. The van der Waals surface area contributed by atoms with Crippen molar-refractivity contribution in [2.24, 2.45) is 7.05 Å². The zero-order chi connectivity index (χ0) is 10.9. The van der Waals surface area contributed by atoms with E-state index in [4.69, 9.17) is 0 Å². The van der Waals surface area contributed by atoms with Crippen LogP contribution in [-0.4, -0.2) is 48.9 Å². The van der Waals surface area contributed by atoms with E-state index in [2.05, 4.69) is 20.3 Å². The van der Waals surface area contributed by atoms with Crippen molar-refractivity contribution < 1.29 is 5.11 Å². The Morgan fingerprint density at radius 2 is 2.33 bits per heavy atom. The van der Waals surface area contributed by atoms with E-state index in [1.54, 1.807) is 7.05 Å². The Morgan fingerprint density at radius 3 is 2.93 bits per heavy atom. The maximum absolute atomic E-state index is 9.92. The van der Waals surface area contributed by atoms with Crippen LogP contribution >= 0.6 is 0 Å². The van der Waals surface area contributed by atoms with Gasteiger partial charge in [0.05, 0.1) is 19.2 Å². The molecule has 1 fully saturated rings. The monoisotopic (exact) mass is 211 g/mol. The van der Waals surface area contributed by atoms with E-state index >= 15 is 0 Å². The van der Waals surface area contributed by atoms with Crippen molar-refractivity contribution in [1.29, 1.82) is 0 Å². The number of aliphatic hydroxyl groups is 1. The Hall–Kier alpha value is -1.01. The highest BCUT2D eigenvalue weighted by molar-refractivity contribution is 4.86. The number of hydrogen-bond acceptors (Lipinski definition) is 5. The van der Waals surface area contributed by atoms with Gasteiger partial charge in [-0.05, 0) is 31.5 Å². The predicted molar refractivity (Wildman–Crippen MR) is 53.9 cm³/mol. The minimum absolute atomic E-state index is 0.569. The number of tetrazole rings is 1. The Labute approximate surface area is 88.9 Å². The maximum atomic E-state index is 9.92. The lowest BCUT2D eigenvalue weighted by atomic mass is 9.95. The van der Waals surface area contributed by atoms with Crippen LogP contribution in [0, 0.1) is 0 Å². The number of rotatable bonds is 2. The van der Waals surface area contributed by atoms with Gasteiger partial charge in [-0.25, -0.2) is 0 Å². The zero-order valence-electron chi connectivity index (χ0n) is 9.22. The molecule has 2 heterocycles. The van der Waals surface area contributed by atoms with Crippen LogP contribution in [0.4, 0.5) is 0 Å². The highest BCUT2D eigenvalue weighted by Crippen LogP contribution is 2.20. The molecule has 1 aromatic heterocycles. The molecule has 0 radical (unpaired) electrons. The third-order valence-corrected chi connectivity index (χ3v) is 2.67. The van der Waals surface area contributed by atoms with Gasteiger partial charge in [-0.1, -0.05) is 0 Å². The van der Waals surface area contributed by atoms with Crippen LogP contribution in [0.5, 0.6) is 0 Å². The van der Waals surface area contributed by atoms with E-state index in [-0.39, 0.29) is 0 Å². The molecule has 0 aliphatic carbocycles. The van der Waals surface area contributed by atoms with Crippen molar-refractivity contribution in [3.8, 4) is 0 Å². The number of aromatic nitrogens is 4. The fourth-order valence-corrected chi connectivity index (χ4v) is 2.04. The first-order valence-electron chi connectivity index (χ1n) is 5.23. The van der Waals surface area contributed by atoms with E-state index in [1.807, 2.05) is 6.92 Å². The van der Waals surface area contributed by atoms with Gasteiger partial charge in [0, 0.05) is 6.54 Å². The molecule has 84 valence electrons. The quantitative estimate of drug-likeness (QED) is 0.718. The van der Waals surface area contributed by atoms with Gasteiger partial charge in [0.15, 0.2) is 5.82 Å². The zero-order valence-corrected chi connectivity index (χ0v) is 9.22. The normalized spacial score (nSPS) is 28.2. The molecule has 1 aliphatic heterocycles. The van der Waals surface area contributed by atoms with E-state index in [0.717, 1.165) is 25.2 Å². The van der Waals surface area contributed by atoms with Gasteiger partial charge in [0.25, 0.3) is 0 Å². The average Bonchev–Trinajstić information content (AvgIpc) is 2.49. The number of aryl methyl sites for hydroxylation is 1. The lowest BCUT2D eigenvalue weighted by Crippen LogP contribution is -2.45. The van der Waals surface area contributed by atoms with E-state index in [0.29, 0.717) is 13.1 Å². The minimum Gasteiger partial charge on any atom is -0.389 e. The van der Waals surface area contributed by atoms with Crippen molar-refractivity contribution in [2.75, 3.05) is 13.1 Å². The Bertz CT molecular complexity index is 335. The Morgan fingerprint density at radius 1 is 1.53 bits per heavy atom. The molecule has 1 saturated heterocycles. The SMILES string of the molecule is Cn1nnc(CN2CCCC(C)(O)C2)n1. The predicted octanol–water partition coefficient (Wildman–Crippen LogP) is -0.443. The molecule has 1 aromatic rings. The van der Waals surface area contributed by atoms with E-state index < -0.39 is 5.60 Å². The third-order valence-electron chi connectivity index (χ3n) is 2.67. The van der Waals surface area contributed by atoms with Crippen LogP contribution in [0.3, 0.4) is 0 Å². The number of nitrogens with zero attached hydrogens (tertiary/aromatic N) is 5. The molecule has 0 bridgehead atoms. The summed E-state index contributed by atoms with van der Waals surface area (Å²) in [6.45, 7) is 4.23.